The summed E-state index contributed by atoms with van der Waals surface area (Å²) in [7, 11) is 0. The van der Waals surface area contributed by atoms with Crippen LogP contribution in [-0.2, 0) is 6.42 Å². The van der Waals surface area contributed by atoms with E-state index in [0.29, 0.717) is 6.42 Å². The Morgan fingerprint density at radius 3 is 2.75 bits per heavy atom. The molecule has 0 bridgehead atoms. The molecule has 0 aliphatic rings. The van der Waals surface area contributed by atoms with Gasteiger partial charge in [-0.3, -0.25) is 4.79 Å². The van der Waals surface area contributed by atoms with Crippen LogP contribution in [0.15, 0.2) is 24.4 Å². The Morgan fingerprint density at radius 2 is 2.20 bits per heavy atom. The first-order chi connectivity index (χ1) is 9.51. The van der Waals surface area contributed by atoms with Crippen LogP contribution in [0.1, 0.15) is 32.5 Å². The van der Waals surface area contributed by atoms with E-state index in [4.69, 9.17) is 5.11 Å². The number of carboxylic acid groups (broad SMARTS) is 1. The van der Waals surface area contributed by atoms with Gasteiger partial charge in [0.25, 0.3) is 5.91 Å². The molecule has 7 heteroatoms. The third-order valence-corrected chi connectivity index (χ3v) is 3.77. The number of carbonyl (C=O) groups is 2. The summed E-state index contributed by atoms with van der Waals surface area (Å²) in [5.41, 5.74) is 0.212. The average Bonchev–Trinajstić information content (AvgIpc) is 2.82. The minimum atomic E-state index is -1.10. The summed E-state index contributed by atoms with van der Waals surface area (Å²) in [5.74, 6) is -2.31. The van der Waals surface area contributed by atoms with Crippen LogP contribution < -0.4 is 5.32 Å². The molecular formula is C13H11FN2O3S. The van der Waals surface area contributed by atoms with Crippen molar-refractivity contribution in [2.24, 2.45) is 0 Å². The Bertz CT molecular complexity index is 652. The lowest BCUT2D eigenvalue weighted by molar-refractivity contribution is 0.0698. The maximum atomic E-state index is 12.7. The van der Waals surface area contributed by atoms with Gasteiger partial charge in [0.05, 0.1) is 11.1 Å². The fraction of sp³-hybridized carbons (Fsp3) is 0.154. The minimum absolute atomic E-state index is 0.0512. The second kappa shape index (κ2) is 5.79. The molecule has 0 fully saturated rings. The monoisotopic (exact) mass is 294 g/mol. The molecule has 0 saturated heterocycles. The van der Waals surface area contributed by atoms with Gasteiger partial charge in [-0.15, -0.1) is 11.3 Å². The number of aromatic nitrogens is 1. The molecule has 0 aliphatic heterocycles. The molecule has 5 nitrogen and oxygen atoms in total. The second-order valence-electron chi connectivity index (χ2n) is 3.94. The number of carboxylic acids is 1. The van der Waals surface area contributed by atoms with Gasteiger partial charge in [-0.25, -0.2) is 9.78 Å². The topological polar surface area (TPSA) is 79.3 Å². The van der Waals surface area contributed by atoms with Crippen molar-refractivity contribution in [2.45, 2.75) is 13.3 Å². The Kier molecular flexibility index (Phi) is 4.09. The Labute approximate surface area is 118 Å². The maximum absolute atomic E-state index is 12.7. The van der Waals surface area contributed by atoms with Crippen LogP contribution >= 0.6 is 11.3 Å². The van der Waals surface area contributed by atoms with E-state index in [1.165, 1.54) is 23.5 Å². The Hall–Kier alpha value is -2.28. The first-order valence-corrected chi connectivity index (χ1v) is 6.61. The van der Waals surface area contributed by atoms with E-state index in [-0.39, 0.29) is 16.1 Å². The molecule has 0 saturated carbocycles. The van der Waals surface area contributed by atoms with E-state index in [2.05, 4.69) is 10.3 Å². The van der Waals surface area contributed by atoms with Crippen LogP contribution in [0.5, 0.6) is 0 Å². The van der Waals surface area contributed by atoms with Gasteiger partial charge in [-0.2, -0.15) is 4.39 Å². The molecule has 0 aliphatic carbocycles. The van der Waals surface area contributed by atoms with Crippen molar-refractivity contribution in [2.75, 3.05) is 5.32 Å². The number of hydrogen-bond donors (Lipinski definition) is 2. The van der Waals surface area contributed by atoms with E-state index in [9.17, 15) is 14.0 Å². The molecule has 20 heavy (non-hydrogen) atoms. The van der Waals surface area contributed by atoms with Gasteiger partial charge in [-0.05, 0) is 24.6 Å². The van der Waals surface area contributed by atoms with Crippen LogP contribution in [0.4, 0.5) is 9.39 Å². The first kappa shape index (κ1) is 14.1. The number of aryl methyl sites for hydroxylation is 1. The molecule has 1 amide bonds. The molecule has 2 rings (SSSR count). The molecule has 0 aromatic carbocycles. The van der Waals surface area contributed by atoms with Gasteiger partial charge in [-0.1, -0.05) is 6.92 Å². The molecule has 0 radical (unpaired) electrons. The van der Waals surface area contributed by atoms with Crippen molar-refractivity contribution in [1.29, 1.82) is 0 Å². The van der Waals surface area contributed by atoms with Crippen LogP contribution in [0.3, 0.4) is 0 Å². The van der Waals surface area contributed by atoms with Crippen LogP contribution in [0, 0.1) is 5.95 Å². The quantitative estimate of drug-likeness (QED) is 0.850. The number of nitrogens with zero attached hydrogens (tertiary/aromatic N) is 1. The van der Waals surface area contributed by atoms with Crippen LogP contribution in [0.2, 0.25) is 0 Å². The highest BCUT2D eigenvalue weighted by Crippen LogP contribution is 2.29. The molecule has 0 unspecified atom stereocenters. The number of hydrogen-bond acceptors (Lipinski definition) is 4. The highest BCUT2D eigenvalue weighted by molar-refractivity contribution is 7.16. The minimum Gasteiger partial charge on any atom is -0.478 e. The fourth-order valence-corrected chi connectivity index (χ4v) is 2.54. The largest absolute Gasteiger partial charge is 0.478 e. The maximum Gasteiger partial charge on any atom is 0.338 e. The van der Waals surface area contributed by atoms with Crippen molar-refractivity contribution < 1.29 is 19.1 Å². The van der Waals surface area contributed by atoms with Gasteiger partial charge in [0.2, 0.25) is 5.95 Å². The molecule has 2 N–H and O–H groups in total. The number of aromatic carboxylic acids is 1. The van der Waals surface area contributed by atoms with Gasteiger partial charge in [0, 0.05) is 11.1 Å². The summed E-state index contributed by atoms with van der Waals surface area (Å²) in [6.45, 7) is 1.90. The zero-order valence-corrected chi connectivity index (χ0v) is 11.3. The number of nitrogens with one attached hydrogen (secondary N) is 1. The number of thiophene rings is 1. The summed E-state index contributed by atoms with van der Waals surface area (Å²) < 4.78 is 12.7. The molecule has 104 valence electrons. The molecule has 0 spiro atoms. The van der Waals surface area contributed by atoms with E-state index in [0.717, 1.165) is 17.1 Å². The summed E-state index contributed by atoms with van der Waals surface area (Å²) in [6, 6.07) is 3.89. The first-order valence-electron chi connectivity index (χ1n) is 5.80. The van der Waals surface area contributed by atoms with Gasteiger partial charge >= 0.3 is 5.97 Å². The van der Waals surface area contributed by atoms with E-state index < -0.39 is 17.8 Å². The number of pyridine rings is 1. The third kappa shape index (κ3) is 3.00. The predicted octanol–water partition coefficient (Wildman–Crippen LogP) is 2.80. The summed E-state index contributed by atoms with van der Waals surface area (Å²) >= 11 is 1.21. The van der Waals surface area contributed by atoms with Crippen molar-refractivity contribution in [3.05, 3.63) is 46.3 Å². The number of anilines is 1. The highest BCUT2D eigenvalue weighted by Gasteiger charge is 2.17. The summed E-state index contributed by atoms with van der Waals surface area (Å²) in [5, 5.41) is 11.9. The normalized spacial score (nSPS) is 10.3. The van der Waals surface area contributed by atoms with Gasteiger partial charge < -0.3 is 10.4 Å². The number of rotatable bonds is 4. The lowest BCUT2D eigenvalue weighted by Gasteiger charge is -2.03. The SMILES string of the molecule is CCc1cc(C(=O)O)c(NC(=O)c2ccc(F)nc2)s1. The van der Waals surface area contributed by atoms with Gasteiger partial charge in [0.1, 0.15) is 5.00 Å². The third-order valence-electron chi connectivity index (χ3n) is 2.58. The standard InChI is InChI=1S/C13H11FN2O3S/c1-2-8-5-9(13(18)19)12(20-8)16-11(17)7-3-4-10(14)15-6-7/h3-6H,2H2,1H3,(H,16,17)(H,18,19). The number of amides is 1. The van der Waals surface area contributed by atoms with E-state index >= 15 is 0 Å². The lowest BCUT2D eigenvalue weighted by Crippen LogP contribution is -2.13. The number of carbonyl (C=O) groups excluding carboxylic acids is 1. The van der Waals surface area contributed by atoms with E-state index in [1.54, 1.807) is 0 Å². The predicted molar refractivity (Wildman–Crippen MR) is 72.8 cm³/mol. The van der Waals surface area contributed by atoms with Crippen molar-refractivity contribution in [3.63, 3.8) is 0 Å². The van der Waals surface area contributed by atoms with Crippen LogP contribution in [-0.4, -0.2) is 22.0 Å². The number of halogens is 1. The summed E-state index contributed by atoms with van der Waals surface area (Å²) in [4.78, 5) is 27.3. The Morgan fingerprint density at radius 1 is 1.45 bits per heavy atom. The Balaban J connectivity index is 2.25. The van der Waals surface area contributed by atoms with Crippen molar-refractivity contribution in [1.82, 2.24) is 4.98 Å². The summed E-state index contributed by atoms with van der Waals surface area (Å²) in [6.07, 6.45) is 1.78. The fourth-order valence-electron chi connectivity index (χ4n) is 1.55. The molecular weight excluding hydrogens is 283 g/mol. The lowest BCUT2D eigenvalue weighted by atomic mass is 10.2. The second-order valence-corrected chi connectivity index (χ2v) is 5.07. The van der Waals surface area contributed by atoms with Gasteiger partial charge in [0.15, 0.2) is 0 Å². The molecule has 2 aromatic rings. The average molecular weight is 294 g/mol. The molecule has 2 heterocycles. The highest BCUT2D eigenvalue weighted by atomic mass is 32.1. The zero-order valence-electron chi connectivity index (χ0n) is 10.5. The molecule has 0 atom stereocenters. The molecule has 2 aromatic heterocycles. The van der Waals surface area contributed by atoms with Crippen molar-refractivity contribution in [3.8, 4) is 0 Å². The van der Waals surface area contributed by atoms with Crippen LogP contribution in [0.25, 0.3) is 0 Å². The van der Waals surface area contributed by atoms with E-state index in [1.807, 2.05) is 6.92 Å². The van der Waals surface area contributed by atoms with Crippen molar-refractivity contribution >= 4 is 28.2 Å². The zero-order chi connectivity index (χ0) is 14.7. The smallest absolute Gasteiger partial charge is 0.338 e.